The lowest BCUT2D eigenvalue weighted by atomic mass is 10.2. The minimum Gasteiger partial charge on any atom is -0.497 e. The van der Waals surface area contributed by atoms with Crippen molar-refractivity contribution >= 4 is 35.0 Å². The number of hydrogen-bond donors (Lipinski definition) is 0. The number of rotatable bonds is 7. The van der Waals surface area contributed by atoms with E-state index < -0.39 is 21.6 Å². The average molecular weight is 647 g/mol. The molecule has 15 nitrogen and oxygen atoms in total. The van der Waals surface area contributed by atoms with Gasteiger partial charge in [-0.2, -0.15) is 0 Å². The molecule has 0 aliphatic carbocycles. The quantitative estimate of drug-likeness (QED) is 0.203. The molecule has 0 N–H and O–H groups in total. The van der Waals surface area contributed by atoms with Crippen molar-refractivity contribution in [2.24, 2.45) is 0 Å². The van der Waals surface area contributed by atoms with Crippen LogP contribution in [0.25, 0.3) is 0 Å². The van der Waals surface area contributed by atoms with Crippen LogP contribution in [-0.2, 0) is 0 Å². The number of piperazine rings is 2. The van der Waals surface area contributed by atoms with E-state index in [2.05, 4.69) is 34.1 Å². The van der Waals surface area contributed by atoms with Gasteiger partial charge in [0.15, 0.2) is 11.5 Å². The molecular weight excluding hydrogens is 612 g/mol. The van der Waals surface area contributed by atoms with Gasteiger partial charge in [-0.3, -0.25) is 29.8 Å². The first-order chi connectivity index (χ1) is 22.6. The number of anilines is 2. The van der Waals surface area contributed by atoms with Crippen molar-refractivity contribution in [3.05, 3.63) is 110 Å². The Labute approximate surface area is 269 Å². The molecule has 4 aromatic rings. The summed E-state index contributed by atoms with van der Waals surface area (Å²) in [6, 6.07) is 21.1. The molecule has 0 saturated carbocycles. The summed E-state index contributed by atoms with van der Waals surface area (Å²) in [5.74, 6) is -0.645. The molecule has 0 spiro atoms. The van der Waals surface area contributed by atoms with Gasteiger partial charge < -0.3 is 33.2 Å². The van der Waals surface area contributed by atoms with Crippen molar-refractivity contribution in [3.63, 3.8) is 0 Å². The number of hydrogen-bond acceptors (Lipinski definition) is 11. The highest BCUT2D eigenvalue weighted by molar-refractivity contribution is 5.92. The predicted molar refractivity (Wildman–Crippen MR) is 171 cm³/mol. The molecule has 6 rings (SSSR count). The van der Waals surface area contributed by atoms with Crippen LogP contribution in [0.4, 0.5) is 23.1 Å². The van der Waals surface area contributed by atoms with Gasteiger partial charge in [0.05, 0.1) is 19.2 Å². The van der Waals surface area contributed by atoms with Crippen LogP contribution in [0.3, 0.4) is 0 Å². The van der Waals surface area contributed by atoms with Crippen molar-refractivity contribution in [3.8, 4) is 5.75 Å². The Morgan fingerprint density at radius 1 is 0.617 bits per heavy atom. The van der Waals surface area contributed by atoms with Gasteiger partial charge in [0.25, 0.3) is 11.8 Å². The SMILES string of the molecule is COc1ccc(N2CCN(C(=O)c3ccc([N+](=O)[O-])o3)CC2)cc1.Cc1ccc(N2CCN(C(=O)c3ccc([N+](=O)[O-])o3)CC2)cc1. The first-order valence-electron chi connectivity index (χ1n) is 14.9. The second-order valence-corrected chi connectivity index (χ2v) is 10.9. The fourth-order valence-corrected chi connectivity index (χ4v) is 5.28. The fourth-order valence-electron chi connectivity index (χ4n) is 5.28. The van der Waals surface area contributed by atoms with Crippen LogP contribution < -0.4 is 14.5 Å². The van der Waals surface area contributed by atoms with E-state index in [9.17, 15) is 29.8 Å². The summed E-state index contributed by atoms with van der Waals surface area (Å²) in [6.07, 6.45) is 0. The van der Waals surface area contributed by atoms with E-state index in [1.165, 1.54) is 29.8 Å². The number of furan rings is 2. The van der Waals surface area contributed by atoms with Gasteiger partial charge >= 0.3 is 11.8 Å². The molecule has 0 unspecified atom stereocenters. The molecule has 2 aliphatic rings. The van der Waals surface area contributed by atoms with Gasteiger partial charge in [-0.1, -0.05) is 17.7 Å². The Bertz CT molecular complexity index is 1700. The third kappa shape index (κ3) is 7.87. The smallest absolute Gasteiger partial charge is 0.433 e. The number of carbonyl (C=O) groups excluding carboxylic acids is 2. The van der Waals surface area contributed by atoms with E-state index in [1.54, 1.807) is 16.9 Å². The third-order valence-electron chi connectivity index (χ3n) is 7.94. The van der Waals surface area contributed by atoms with Crippen molar-refractivity contribution in [1.29, 1.82) is 0 Å². The molecule has 2 fully saturated rings. The molecule has 0 bridgehead atoms. The van der Waals surface area contributed by atoms with Crippen molar-refractivity contribution in [1.82, 2.24) is 9.80 Å². The molecule has 2 aromatic heterocycles. The van der Waals surface area contributed by atoms with E-state index in [-0.39, 0.29) is 23.3 Å². The monoisotopic (exact) mass is 646 g/mol. The standard InChI is InChI=1S/C16H17N3O5.C16H17N3O4/c1-23-13-4-2-12(3-5-13)17-8-10-18(11-9-17)16(20)14-6-7-15(24-14)19(21)22;1-12-2-4-13(5-3-12)17-8-10-18(11-9-17)16(20)14-6-7-15(23-14)19(21)22/h2-7H,8-11H2,1H3;2-7H,8-11H2,1H3. The van der Waals surface area contributed by atoms with Crippen LogP contribution in [0, 0.1) is 27.2 Å². The number of methoxy groups -OCH3 is 1. The second kappa shape index (κ2) is 14.5. The molecule has 15 heteroatoms. The van der Waals surface area contributed by atoms with E-state index in [4.69, 9.17) is 13.6 Å². The van der Waals surface area contributed by atoms with Crippen LogP contribution >= 0.6 is 0 Å². The molecule has 246 valence electrons. The zero-order valence-electron chi connectivity index (χ0n) is 25.9. The maximum absolute atomic E-state index is 12.3. The van der Waals surface area contributed by atoms with Crippen LogP contribution in [0.1, 0.15) is 26.7 Å². The summed E-state index contributed by atoms with van der Waals surface area (Å²) in [5, 5.41) is 21.2. The van der Waals surface area contributed by atoms with Gasteiger partial charge in [-0.05, 0) is 55.5 Å². The minimum absolute atomic E-state index is 0.000373. The average Bonchev–Trinajstić information content (AvgIpc) is 3.80. The van der Waals surface area contributed by atoms with Crippen LogP contribution in [-0.4, -0.2) is 90.9 Å². The van der Waals surface area contributed by atoms with Gasteiger partial charge in [0.1, 0.15) is 15.6 Å². The highest BCUT2D eigenvalue weighted by Gasteiger charge is 2.27. The van der Waals surface area contributed by atoms with Crippen LogP contribution in [0.5, 0.6) is 5.75 Å². The van der Waals surface area contributed by atoms with E-state index in [0.717, 1.165) is 30.2 Å². The highest BCUT2D eigenvalue weighted by atomic mass is 16.7. The summed E-state index contributed by atoms with van der Waals surface area (Å²) < 4.78 is 15.1. The molecule has 2 aliphatic heterocycles. The Balaban J connectivity index is 0.000000185. The first kappa shape index (κ1) is 32.5. The molecular formula is C32H34N6O9. The number of nitro groups is 2. The van der Waals surface area contributed by atoms with E-state index in [1.807, 2.05) is 31.2 Å². The molecule has 0 atom stereocenters. The Morgan fingerprint density at radius 2 is 1.00 bits per heavy atom. The summed E-state index contributed by atoms with van der Waals surface area (Å²) in [7, 11) is 1.62. The van der Waals surface area contributed by atoms with Gasteiger partial charge in [-0.15, -0.1) is 0 Å². The Kier molecular flexibility index (Phi) is 10.0. The summed E-state index contributed by atoms with van der Waals surface area (Å²) >= 11 is 0. The first-order valence-corrected chi connectivity index (χ1v) is 14.9. The number of carbonyl (C=O) groups is 2. The Morgan fingerprint density at radius 3 is 1.34 bits per heavy atom. The molecule has 2 saturated heterocycles. The minimum atomic E-state index is -0.654. The molecule has 2 aromatic carbocycles. The number of benzene rings is 2. The topological polar surface area (TPSA) is 169 Å². The zero-order chi connectivity index (χ0) is 33.5. The predicted octanol–water partition coefficient (Wildman–Crippen LogP) is 4.62. The van der Waals surface area contributed by atoms with Crippen LogP contribution in [0.15, 0.2) is 81.6 Å². The van der Waals surface area contributed by atoms with Crippen molar-refractivity contribution in [2.75, 3.05) is 69.3 Å². The van der Waals surface area contributed by atoms with Crippen LogP contribution in [0.2, 0.25) is 0 Å². The lowest BCUT2D eigenvalue weighted by Crippen LogP contribution is -2.48. The summed E-state index contributed by atoms with van der Waals surface area (Å²) in [6.45, 7) is 7.01. The molecule has 2 amide bonds. The normalized spacial score (nSPS) is 14.7. The maximum atomic E-state index is 12.3. The van der Waals surface area contributed by atoms with Crippen molar-refractivity contribution in [2.45, 2.75) is 6.92 Å². The fraction of sp³-hybridized carbons (Fsp3) is 0.312. The number of amides is 2. The lowest BCUT2D eigenvalue weighted by Gasteiger charge is -2.35. The number of ether oxygens (including phenoxy) is 1. The summed E-state index contributed by atoms with van der Waals surface area (Å²) in [5.41, 5.74) is 3.41. The zero-order valence-corrected chi connectivity index (χ0v) is 25.9. The second-order valence-electron chi connectivity index (χ2n) is 10.9. The largest absolute Gasteiger partial charge is 0.497 e. The summed E-state index contributed by atoms with van der Waals surface area (Å²) in [4.78, 5) is 52.3. The molecule has 0 radical (unpaired) electrons. The number of aryl methyl sites for hydroxylation is 1. The molecule has 4 heterocycles. The van der Waals surface area contributed by atoms with E-state index in [0.29, 0.717) is 39.3 Å². The van der Waals surface area contributed by atoms with Gasteiger partial charge in [0.2, 0.25) is 0 Å². The van der Waals surface area contributed by atoms with Gasteiger partial charge in [0, 0.05) is 63.7 Å². The van der Waals surface area contributed by atoms with E-state index >= 15 is 0 Å². The highest BCUT2D eigenvalue weighted by Crippen LogP contribution is 2.23. The molecule has 47 heavy (non-hydrogen) atoms. The maximum Gasteiger partial charge on any atom is 0.433 e. The van der Waals surface area contributed by atoms with Gasteiger partial charge in [-0.25, -0.2) is 0 Å². The third-order valence-corrected chi connectivity index (χ3v) is 7.94. The van der Waals surface area contributed by atoms with Crippen molar-refractivity contribution < 1.29 is 33.0 Å². The Hall–Kier alpha value is -5.86. The lowest BCUT2D eigenvalue weighted by molar-refractivity contribution is -0.402. The number of nitrogens with zero attached hydrogens (tertiary/aromatic N) is 6.